The van der Waals surface area contributed by atoms with Gasteiger partial charge in [-0.3, -0.25) is 9.79 Å². The Bertz CT molecular complexity index is 242. The first-order chi connectivity index (χ1) is 6.95. The normalized spacial score (nSPS) is 10.2. The molecule has 0 aromatic rings. The van der Waals surface area contributed by atoms with Gasteiger partial charge in [-0.2, -0.15) is 5.26 Å². The lowest BCUT2D eigenvalue weighted by atomic mass is 10.2. The van der Waals surface area contributed by atoms with E-state index in [9.17, 15) is 4.79 Å². The number of nitrogens with two attached hydrogens (primary N) is 3. The van der Waals surface area contributed by atoms with Crippen molar-refractivity contribution < 1.29 is 9.90 Å². The molecule has 0 aromatic heterocycles. The molecular weight excluding hydrogens is 198 g/mol. The molecular formula is C8H17N5O2. The fraction of sp³-hybridized carbons (Fsp3) is 0.625. The van der Waals surface area contributed by atoms with Crippen LogP contribution in [0.2, 0.25) is 0 Å². The lowest BCUT2D eigenvalue weighted by Crippen LogP contribution is -2.30. The summed E-state index contributed by atoms with van der Waals surface area (Å²) in [4.78, 5) is 13.9. The molecule has 0 heterocycles. The Hall–Kier alpha value is -1.81. The lowest BCUT2D eigenvalue weighted by molar-refractivity contribution is -0.138. The molecule has 1 unspecified atom stereocenters. The van der Waals surface area contributed by atoms with Crippen molar-refractivity contribution in [2.75, 3.05) is 6.54 Å². The van der Waals surface area contributed by atoms with Crippen molar-refractivity contribution in [3.8, 4) is 6.07 Å². The zero-order valence-corrected chi connectivity index (χ0v) is 8.68. The topological polar surface area (TPSA) is 152 Å². The third kappa shape index (κ3) is 15.0. The quantitative estimate of drug-likeness (QED) is 0.262. The number of hydrogen-bond acceptors (Lipinski definition) is 4. The van der Waals surface area contributed by atoms with Gasteiger partial charge in [0.15, 0.2) is 5.96 Å². The molecule has 1 atom stereocenters. The number of carbonyl (C=O) groups is 1. The van der Waals surface area contributed by atoms with E-state index in [4.69, 9.17) is 27.6 Å². The van der Waals surface area contributed by atoms with E-state index in [-0.39, 0.29) is 5.96 Å². The molecule has 0 radical (unpaired) electrons. The largest absolute Gasteiger partial charge is 0.480 e. The summed E-state index contributed by atoms with van der Waals surface area (Å²) in [5.41, 5.74) is 15.3. The maximum Gasteiger partial charge on any atom is 0.320 e. The Kier molecular flexibility index (Phi) is 10.7. The number of carboxylic acids is 1. The number of aliphatic carboxylic acids is 1. The highest BCUT2D eigenvalue weighted by atomic mass is 16.4. The third-order valence-electron chi connectivity index (χ3n) is 1.28. The van der Waals surface area contributed by atoms with Crippen LogP contribution in [0.3, 0.4) is 0 Å². The highest BCUT2D eigenvalue weighted by Crippen LogP contribution is 1.94. The highest BCUT2D eigenvalue weighted by Gasteiger charge is 2.09. The van der Waals surface area contributed by atoms with Gasteiger partial charge in [-0.05, 0) is 12.8 Å². The first-order valence-electron chi connectivity index (χ1n) is 4.30. The Labute approximate surface area is 88.6 Å². The van der Waals surface area contributed by atoms with Gasteiger partial charge in [-0.25, -0.2) is 0 Å². The fourth-order valence-corrected chi connectivity index (χ4v) is 0.643. The molecule has 0 aromatic carbocycles. The summed E-state index contributed by atoms with van der Waals surface area (Å²) in [5.74, 6) is -0.987. The zero-order chi connectivity index (χ0) is 12.3. The number of nitriles is 1. The summed E-state index contributed by atoms with van der Waals surface area (Å²) < 4.78 is 0. The summed E-state index contributed by atoms with van der Waals surface area (Å²) in [6.07, 6.45) is 0.956. The Morgan fingerprint density at radius 2 is 2.07 bits per heavy atom. The van der Waals surface area contributed by atoms with Gasteiger partial charge in [0.2, 0.25) is 0 Å². The maximum atomic E-state index is 10.2. The van der Waals surface area contributed by atoms with Crippen molar-refractivity contribution in [1.29, 1.82) is 5.26 Å². The van der Waals surface area contributed by atoms with E-state index in [0.717, 1.165) is 0 Å². The van der Waals surface area contributed by atoms with E-state index in [1.54, 1.807) is 6.07 Å². The standard InChI is InChI=1S/C6H14N4O2.C2H3N/c7-4(5(11)12)2-1-3-10-6(8)9;1-2-3/h4H,1-3,7H2,(H,11,12)(H4,8,9,10);1H3. The molecule has 15 heavy (non-hydrogen) atoms. The number of rotatable bonds is 5. The molecule has 0 rings (SSSR count). The summed E-state index contributed by atoms with van der Waals surface area (Å²) in [5, 5.41) is 15.7. The average molecular weight is 215 g/mol. The summed E-state index contributed by atoms with van der Waals surface area (Å²) in [6.45, 7) is 1.85. The SMILES string of the molecule is CC#N.NC(N)=NCCCC(N)C(=O)O. The average Bonchev–Trinajstić information content (AvgIpc) is 2.12. The molecule has 0 saturated carbocycles. The zero-order valence-electron chi connectivity index (χ0n) is 8.68. The van der Waals surface area contributed by atoms with E-state index in [2.05, 4.69) is 4.99 Å². The van der Waals surface area contributed by atoms with E-state index in [1.165, 1.54) is 6.92 Å². The van der Waals surface area contributed by atoms with Gasteiger partial charge < -0.3 is 22.3 Å². The van der Waals surface area contributed by atoms with E-state index in [0.29, 0.717) is 19.4 Å². The molecule has 7 heteroatoms. The van der Waals surface area contributed by atoms with Crippen LogP contribution in [0.4, 0.5) is 0 Å². The van der Waals surface area contributed by atoms with Crippen molar-refractivity contribution in [3.05, 3.63) is 0 Å². The Balaban J connectivity index is 0. The summed E-state index contributed by atoms with van der Waals surface area (Å²) in [7, 11) is 0. The lowest BCUT2D eigenvalue weighted by Gasteiger charge is -2.03. The number of aliphatic imine (C=N–C) groups is 1. The van der Waals surface area contributed by atoms with Crippen molar-refractivity contribution in [3.63, 3.8) is 0 Å². The minimum absolute atomic E-state index is 0.0129. The van der Waals surface area contributed by atoms with Gasteiger partial charge in [0, 0.05) is 13.5 Å². The third-order valence-corrected chi connectivity index (χ3v) is 1.28. The Morgan fingerprint density at radius 1 is 1.60 bits per heavy atom. The predicted octanol–water partition coefficient (Wildman–Crippen LogP) is -1.02. The number of nitrogens with zero attached hydrogens (tertiary/aromatic N) is 2. The van der Waals surface area contributed by atoms with Crippen molar-refractivity contribution in [1.82, 2.24) is 0 Å². The van der Waals surface area contributed by atoms with Crippen LogP contribution in [-0.4, -0.2) is 29.6 Å². The maximum absolute atomic E-state index is 10.2. The van der Waals surface area contributed by atoms with E-state index >= 15 is 0 Å². The van der Waals surface area contributed by atoms with Crippen molar-refractivity contribution in [2.24, 2.45) is 22.2 Å². The van der Waals surface area contributed by atoms with E-state index < -0.39 is 12.0 Å². The van der Waals surface area contributed by atoms with Crippen LogP contribution < -0.4 is 17.2 Å². The van der Waals surface area contributed by atoms with Crippen LogP contribution in [0.15, 0.2) is 4.99 Å². The fourth-order valence-electron chi connectivity index (χ4n) is 0.643. The van der Waals surface area contributed by atoms with Crippen LogP contribution in [0.25, 0.3) is 0 Å². The van der Waals surface area contributed by atoms with Crippen molar-refractivity contribution in [2.45, 2.75) is 25.8 Å². The van der Waals surface area contributed by atoms with Crippen LogP contribution in [0.1, 0.15) is 19.8 Å². The Morgan fingerprint density at radius 3 is 2.40 bits per heavy atom. The van der Waals surface area contributed by atoms with Crippen LogP contribution >= 0.6 is 0 Å². The number of guanidine groups is 1. The second-order valence-electron chi connectivity index (χ2n) is 2.62. The highest BCUT2D eigenvalue weighted by molar-refractivity contribution is 5.75. The minimum atomic E-state index is -1.00. The smallest absolute Gasteiger partial charge is 0.320 e. The first kappa shape index (κ1) is 15.7. The van der Waals surface area contributed by atoms with Gasteiger partial charge >= 0.3 is 5.97 Å². The molecule has 86 valence electrons. The van der Waals surface area contributed by atoms with Crippen LogP contribution in [0, 0.1) is 11.3 Å². The predicted molar refractivity (Wildman–Crippen MR) is 56.8 cm³/mol. The van der Waals surface area contributed by atoms with Gasteiger partial charge in [0.1, 0.15) is 6.04 Å². The second-order valence-corrected chi connectivity index (χ2v) is 2.62. The van der Waals surface area contributed by atoms with Gasteiger partial charge in [0.25, 0.3) is 0 Å². The molecule has 0 aliphatic heterocycles. The van der Waals surface area contributed by atoms with Crippen LogP contribution in [0.5, 0.6) is 0 Å². The number of carboxylic acid groups (broad SMARTS) is 1. The first-order valence-corrected chi connectivity index (χ1v) is 4.30. The molecule has 0 aliphatic rings. The molecule has 0 saturated heterocycles. The minimum Gasteiger partial charge on any atom is -0.480 e. The molecule has 0 bridgehead atoms. The summed E-state index contributed by atoms with van der Waals surface area (Å²) >= 11 is 0. The monoisotopic (exact) mass is 215 g/mol. The van der Waals surface area contributed by atoms with Gasteiger partial charge in [-0.1, -0.05) is 0 Å². The molecule has 0 amide bonds. The second kappa shape index (κ2) is 10.3. The summed E-state index contributed by atoms with van der Waals surface area (Å²) in [6, 6.07) is 0.930. The molecule has 0 fully saturated rings. The van der Waals surface area contributed by atoms with Gasteiger partial charge in [0.05, 0.1) is 6.07 Å². The molecule has 7 nitrogen and oxygen atoms in total. The molecule has 0 spiro atoms. The van der Waals surface area contributed by atoms with Gasteiger partial charge in [-0.15, -0.1) is 0 Å². The van der Waals surface area contributed by atoms with E-state index in [1.807, 2.05) is 0 Å². The molecule has 0 aliphatic carbocycles. The number of hydrogen-bond donors (Lipinski definition) is 4. The van der Waals surface area contributed by atoms with Crippen molar-refractivity contribution >= 4 is 11.9 Å². The molecule has 7 N–H and O–H groups in total. The van der Waals surface area contributed by atoms with Crippen LogP contribution in [-0.2, 0) is 4.79 Å².